The fourth-order valence-electron chi connectivity index (χ4n) is 3.01. The van der Waals surface area contributed by atoms with Crippen molar-refractivity contribution in [1.29, 1.82) is 0 Å². The van der Waals surface area contributed by atoms with Gasteiger partial charge in [-0.3, -0.25) is 4.79 Å². The minimum absolute atomic E-state index is 0.113. The van der Waals surface area contributed by atoms with Gasteiger partial charge in [-0.1, -0.05) is 31.7 Å². The van der Waals surface area contributed by atoms with Crippen LogP contribution < -0.4 is 10.1 Å². The van der Waals surface area contributed by atoms with Gasteiger partial charge in [-0.05, 0) is 30.5 Å². The van der Waals surface area contributed by atoms with Crippen molar-refractivity contribution in [3.05, 3.63) is 29.3 Å². The molecule has 0 radical (unpaired) electrons. The summed E-state index contributed by atoms with van der Waals surface area (Å²) in [5.74, 6) is 0.257. The first-order valence-corrected chi connectivity index (χ1v) is 8.18. The molecule has 5 heteroatoms. The van der Waals surface area contributed by atoms with Crippen LogP contribution in [0.25, 0.3) is 0 Å². The van der Waals surface area contributed by atoms with Crippen LogP contribution in [0.5, 0.6) is 5.75 Å². The van der Waals surface area contributed by atoms with Gasteiger partial charge >= 0.3 is 5.97 Å². The summed E-state index contributed by atoms with van der Waals surface area (Å²) in [6.45, 7) is 0.406. The van der Waals surface area contributed by atoms with Crippen LogP contribution in [0, 0.1) is 5.92 Å². The van der Waals surface area contributed by atoms with E-state index in [1.807, 2.05) is 6.07 Å². The maximum Gasteiger partial charge on any atom is 0.341 e. The highest BCUT2D eigenvalue weighted by Crippen LogP contribution is 2.24. The molecule has 0 bridgehead atoms. The second-order valence-electron chi connectivity index (χ2n) is 5.93. The number of esters is 1. The highest BCUT2D eigenvalue weighted by Gasteiger charge is 2.20. The third kappa shape index (κ3) is 4.71. The number of hydrogen-bond acceptors (Lipinski definition) is 4. The maximum absolute atomic E-state index is 12.3. The van der Waals surface area contributed by atoms with Gasteiger partial charge in [-0.25, -0.2) is 4.79 Å². The molecule has 0 unspecified atom stereocenters. The molecule has 1 fully saturated rings. The molecule has 126 valence electrons. The Kier molecular flexibility index (Phi) is 6.44. The van der Waals surface area contributed by atoms with Gasteiger partial charge in [0.2, 0.25) is 5.91 Å². The Morgan fingerprint density at radius 1 is 1.13 bits per heavy atom. The molecule has 0 atom stereocenters. The highest BCUT2D eigenvalue weighted by atomic mass is 16.5. The van der Waals surface area contributed by atoms with Crippen LogP contribution in [0.15, 0.2) is 18.2 Å². The van der Waals surface area contributed by atoms with Crippen LogP contribution in [-0.4, -0.2) is 26.1 Å². The number of hydrogen-bond donors (Lipinski definition) is 1. The van der Waals surface area contributed by atoms with Gasteiger partial charge in [-0.2, -0.15) is 0 Å². The monoisotopic (exact) mass is 319 g/mol. The topological polar surface area (TPSA) is 64.6 Å². The van der Waals surface area contributed by atoms with Crippen LogP contribution in [-0.2, 0) is 16.1 Å². The number of benzene rings is 1. The lowest BCUT2D eigenvalue weighted by Crippen LogP contribution is -2.30. The first-order chi connectivity index (χ1) is 11.2. The van der Waals surface area contributed by atoms with Crippen LogP contribution in [0.2, 0.25) is 0 Å². The number of nitrogens with one attached hydrogen (secondary N) is 1. The molecule has 2 rings (SSSR count). The third-order valence-electron chi connectivity index (χ3n) is 4.36. The predicted molar refractivity (Wildman–Crippen MR) is 87.4 cm³/mol. The summed E-state index contributed by atoms with van der Waals surface area (Å²) >= 11 is 0. The van der Waals surface area contributed by atoms with Gasteiger partial charge in [-0.15, -0.1) is 0 Å². The molecule has 23 heavy (non-hydrogen) atoms. The van der Waals surface area contributed by atoms with Gasteiger partial charge in [0.25, 0.3) is 0 Å². The maximum atomic E-state index is 12.3. The molecule has 5 nitrogen and oxygen atoms in total. The molecule has 1 saturated carbocycles. The minimum atomic E-state index is -0.446. The molecular formula is C18H25NO4. The van der Waals surface area contributed by atoms with Crippen LogP contribution >= 0.6 is 0 Å². The molecule has 1 aliphatic carbocycles. The molecule has 0 aromatic heterocycles. The zero-order valence-corrected chi connectivity index (χ0v) is 13.9. The first kappa shape index (κ1) is 17.3. The van der Waals surface area contributed by atoms with Crippen molar-refractivity contribution in [2.45, 2.75) is 45.1 Å². The molecule has 1 aromatic carbocycles. The highest BCUT2D eigenvalue weighted by molar-refractivity contribution is 5.92. The van der Waals surface area contributed by atoms with Gasteiger partial charge in [0.15, 0.2) is 0 Å². The lowest BCUT2D eigenvalue weighted by atomic mass is 9.99. The Bertz CT molecular complexity index is 548. The quantitative estimate of drug-likeness (QED) is 0.669. The average Bonchev–Trinajstić information content (AvgIpc) is 2.88. The number of rotatable bonds is 5. The van der Waals surface area contributed by atoms with E-state index in [0.29, 0.717) is 17.9 Å². The van der Waals surface area contributed by atoms with Crippen molar-refractivity contribution >= 4 is 11.9 Å². The van der Waals surface area contributed by atoms with E-state index in [-0.39, 0.29) is 11.8 Å². The molecule has 0 spiro atoms. The number of methoxy groups -OCH3 is 2. The lowest BCUT2D eigenvalue weighted by Gasteiger charge is -2.15. The summed E-state index contributed by atoms with van der Waals surface area (Å²) in [4.78, 5) is 24.1. The normalized spacial score (nSPS) is 15.6. The van der Waals surface area contributed by atoms with Crippen molar-refractivity contribution in [2.24, 2.45) is 5.92 Å². The number of carbonyl (C=O) groups is 2. The number of ether oxygens (including phenoxy) is 2. The van der Waals surface area contributed by atoms with E-state index in [4.69, 9.17) is 9.47 Å². The first-order valence-electron chi connectivity index (χ1n) is 8.18. The second-order valence-corrected chi connectivity index (χ2v) is 5.93. The van der Waals surface area contributed by atoms with E-state index in [1.165, 1.54) is 27.1 Å². The Labute approximate surface area is 137 Å². The van der Waals surface area contributed by atoms with Crippen molar-refractivity contribution in [2.75, 3.05) is 14.2 Å². The molecule has 1 N–H and O–H groups in total. The fraction of sp³-hybridized carbons (Fsp3) is 0.556. The summed E-state index contributed by atoms with van der Waals surface area (Å²) in [5.41, 5.74) is 1.23. The molecule has 0 aliphatic heterocycles. The van der Waals surface area contributed by atoms with Crippen LogP contribution in [0.1, 0.15) is 54.4 Å². The lowest BCUT2D eigenvalue weighted by molar-refractivity contribution is -0.125. The molecule has 0 heterocycles. The summed E-state index contributed by atoms with van der Waals surface area (Å²) in [7, 11) is 2.84. The zero-order chi connectivity index (χ0) is 16.7. The fourth-order valence-corrected chi connectivity index (χ4v) is 3.01. The molecule has 0 saturated heterocycles. The number of amides is 1. The Hall–Kier alpha value is -2.04. The van der Waals surface area contributed by atoms with Crippen molar-refractivity contribution in [3.8, 4) is 5.75 Å². The summed E-state index contributed by atoms with van der Waals surface area (Å²) in [6.07, 6.45) is 6.67. The van der Waals surface area contributed by atoms with E-state index < -0.39 is 5.97 Å². The Morgan fingerprint density at radius 3 is 2.43 bits per heavy atom. The van der Waals surface area contributed by atoms with Crippen LogP contribution in [0.4, 0.5) is 0 Å². The van der Waals surface area contributed by atoms with Gasteiger partial charge in [0.1, 0.15) is 11.3 Å². The summed E-state index contributed by atoms with van der Waals surface area (Å²) in [6, 6.07) is 5.27. The van der Waals surface area contributed by atoms with E-state index in [9.17, 15) is 9.59 Å². The molecule has 1 aliphatic rings. The van der Waals surface area contributed by atoms with Crippen LogP contribution in [0.3, 0.4) is 0 Å². The van der Waals surface area contributed by atoms with Gasteiger partial charge < -0.3 is 14.8 Å². The van der Waals surface area contributed by atoms with E-state index in [0.717, 1.165) is 31.2 Å². The van der Waals surface area contributed by atoms with Crippen molar-refractivity contribution < 1.29 is 19.1 Å². The third-order valence-corrected chi connectivity index (χ3v) is 4.36. The summed E-state index contributed by atoms with van der Waals surface area (Å²) in [5, 5.41) is 2.99. The summed E-state index contributed by atoms with van der Waals surface area (Å²) < 4.78 is 9.93. The SMILES string of the molecule is COC(=O)c1cc(CNC(=O)C2CCCCCC2)ccc1OC. The largest absolute Gasteiger partial charge is 0.496 e. The molecule has 1 amide bonds. The predicted octanol–water partition coefficient (Wildman–Crippen LogP) is 3.07. The average molecular weight is 319 g/mol. The second kappa shape index (κ2) is 8.56. The van der Waals surface area contributed by atoms with E-state index in [2.05, 4.69) is 5.32 Å². The zero-order valence-electron chi connectivity index (χ0n) is 13.9. The smallest absolute Gasteiger partial charge is 0.341 e. The number of carbonyl (C=O) groups excluding carboxylic acids is 2. The van der Waals surface area contributed by atoms with Crippen molar-refractivity contribution in [3.63, 3.8) is 0 Å². The van der Waals surface area contributed by atoms with Gasteiger partial charge in [0.05, 0.1) is 14.2 Å². The van der Waals surface area contributed by atoms with Gasteiger partial charge in [0, 0.05) is 12.5 Å². The van der Waals surface area contributed by atoms with Crippen molar-refractivity contribution in [1.82, 2.24) is 5.32 Å². The molecular weight excluding hydrogens is 294 g/mol. The van der Waals surface area contributed by atoms with E-state index >= 15 is 0 Å². The Morgan fingerprint density at radius 2 is 1.83 bits per heavy atom. The minimum Gasteiger partial charge on any atom is -0.496 e. The molecule has 1 aromatic rings. The van der Waals surface area contributed by atoms with E-state index in [1.54, 1.807) is 12.1 Å². The standard InChI is InChI=1S/C18H25NO4/c1-22-16-10-9-13(11-15(16)18(21)23-2)12-19-17(20)14-7-5-3-4-6-8-14/h9-11,14H,3-8,12H2,1-2H3,(H,19,20). The Balaban J connectivity index is 1.99.